The van der Waals surface area contributed by atoms with Crippen molar-refractivity contribution in [3.05, 3.63) is 46.1 Å². The fourth-order valence-electron chi connectivity index (χ4n) is 1.49. The maximum atomic E-state index is 3.71. The van der Waals surface area contributed by atoms with Crippen LogP contribution in [0, 0.1) is 0 Å². The molecule has 16 heavy (non-hydrogen) atoms. The van der Waals surface area contributed by atoms with Crippen LogP contribution >= 0.6 is 15.9 Å². The van der Waals surface area contributed by atoms with E-state index in [2.05, 4.69) is 72.0 Å². The summed E-state index contributed by atoms with van der Waals surface area (Å²) in [5.41, 5.74) is 1.44. The van der Waals surface area contributed by atoms with Gasteiger partial charge in [-0.15, -0.1) is 0 Å². The van der Waals surface area contributed by atoms with Gasteiger partial charge in [-0.25, -0.2) is 0 Å². The van der Waals surface area contributed by atoms with Crippen molar-refractivity contribution in [1.29, 1.82) is 0 Å². The topological polar surface area (TPSA) is 0 Å². The predicted octanol–water partition coefficient (Wildman–Crippen LogP) is 5.17. The quantitative estimate of drug-likeness (QED) is 0.520. The van der Waals surface area contributed by atoms with Gasteiger partial charge in [0.2, 0.25) is 0 Å². The smallest absolute Gasteiger partial charge is 0.0785 e. The summed E-state index contributed by atoms with van der Waals surface area (Å²) in [5.74, 6) is 0. The van der Waals surface area contributed by atoms with Crippen molar-refractivity contribution in [2.24, 2.45) is 0 Å². The van der Waals surface area contributed by atoms with Crippen molar-refractivity contribution in [2.45, 2.75) is 38.9 Å². The highest BCUT2D eigenvalue weighted by Gasteiger charge is 2.16. The molecule has 0 aliphatic rings. The van der Waals surface area contributed by atoms with Gasteiger partial charge in [0.15, 0.2) is 0 Å². The molecule has 0 saturated heterocycles. The van der Waals surface area contributed by atoms with E-state index >= 15 is 0 Å². The molecule has 0 N–H and O–H groups in total. The lowest BCUT2D eigenvalue weighted by molar-refractivity contribution is 0.843. The molecule has 2 heteroatoms. The van der Waals surface area contributed by atoms with Crippen LogP contribution in [0.3, 0.4) is 0 Å². The molecule has 1 aromatic carbocycles. The first-order valence-electron chi connectivity index (χ1n) is 5.90. The Bertz CT molecular complexity index is 336. The molecule has 0 fully saturated rings. The summed E-state index contributed by atoms with van der Waals surface area (Å²) in [6, 6.07) is 10.7. The molecule has 0 bridgehead atoms. The van der Waals surface area contributed by atoms with E-state index in [1.807, 2.05) is 0 Å². The fourth-order valence-corrected chi connectivity index (χ4v) is 2.47. The van der Waals surface area contributed by atoms with Gasteiger partial charge >= 0.3 is 0 Å². The molecule has 0 aliphatic heterocycles. The summed E-state index contributed by atoms with van der Waals surface area (Å²) in [4.78, 5) is 0. The molecule has 0 aromatic heterocycles. The highest BCUT2D eigenvalue weighted by molar-refractivity contribution is 9.12. The summed E-state index contributed by atoms with van der Waals surface area (Å²) < 4.78 is 1.45. The Kier molecular flexibility index (Phi) is 5.49. The van der Waals surface area contributed by atoms with Crippen LogP contribution in [0.5, 0.6) is 0 Å². The molecular weight excluding hydrogens is 276 g/mol. The Morgan fingerprint density at radius 3 is 2.38 bits per heavy atom. The van der Waals surface area contributed by atoms with E-state index in [9.17, 15) is 0 Å². The first-order chi connectivity index (χ1) is 7.50. The van der Waals surface area contributed by atoms with Crippen LogP contribution in [0.1, 0.15) is 18.4 Å². The first-order valence-corrected chi connectivity index (χ1v) is 10.2. The highest BCUT2D eigenvalue weighted by atomic mass is 79.9. The molecule has 0 aliphatic carbocycles. The molecule has 0 nitrogen and oxygen atoms in total. The van der Waals surface area contributed by atoms with Gasteiger partial charge in [-0.2, -0.15) is 0 Å². The van der Waals surface area contributed by atoms with Gasteiger partial charge in [0.05, 0.1) is 8.07 Å². The Hall–Kier alpha value is -0.343. The third kappa shape index (κ3) is 5.13. The molecule has 0 radical (unpaired) electrons. The first kappa shape index (κ1) is 13.7. The van der Waals surface area contributed by atoms with E-state index in [0.717, 1.165) is 0 Å². The van der Waals surface area contributed by atoms with E-state index in [4.69, 9.17) is 0 Å². The summed E-state index contributed by atoms with van der Waals surface area (Å²) in [7, 11) is -1.11. The molecule has 0 heterocycles. The average molecular weight is 297 g/mol. The Morgan fingerprint density at radius 1 is 1.19 bits per heavy atom. The van der Waals surface area contributed by atoms with Crippen molar-refractivity contribution < 1.29 is 0 Å². The zero-order chi connectivity index (χ0) is 12.0. The number of hydrogen-bond donors (Lipinski definition) is 0. The van der Waals surface area contributed by atoms with Crippen molar-refractivity contribution in [3.63, 3.8) is 0 Å². The molecule has 0 saturated carbocycles. The summed E-state index contributed by atoms with van der Waals surface area (Å²) in [5, 5.41) is 0. The Labute approximate surface area is 109 Å². The van der Waals surface area contributed by atoms with Gasteiger partial charge < -0.3 is 0 Å². The highest BCUT2D eigenvalue weighted by Crippen LogP contribution is 2.21. The lowest BCUT2D eigenvalue weighted by Gasteiger charge is -2.14. The van der Waals surface area contributed by atoms with Crippen LogP contribution in [0.4, 0.5) is 0 Å². The number of unbranched alkanes of at least 4 members (excludes halogenated alkanes) is 1. The van der Waals surface area contributed by atoms with E-state index in [0.29, 0.717) is 0 Å². The molecule has 1 aromatic rings. The number of aryl methyl sites for hydroxylation is 1. The monoisotopic (exact) mass is 296 g/mol. The minimum absolute atomic E-state index is 1.11. The third-order valence-electron chi connectivity index (χ3n) is 2.55. The van der Waals surface area contributed by atoms with Crippen LogP contribution in [0.15, 0.2) is 40.5 Å². The van der Waals surface area contributed by atoms with Gasteiger partial charge in [-0.05, 0) is 28.9 Å². The van der Waals surface area contributed by atoms with Gasteiger partial charge in [-0.1, -0.05) is 72.0 Å². The summed E-state index contributed by atoms with van der Waals surface area (Å²) >= 11 is 3.71. The van der Waals surface area contributed by atoms with Crippen molar-refractivity contribution in [3.8, 4) is 0 Å². The molecule has 88 valence electrons. The number of halogens is 1. The minimum Gasteiger partial charge on any atom is -0.0785 e. The number of benzene rings is 1. The normalized spacial score (nSPS) is 12.9. The second-order valence-corrected chi connectivity index (χ2v) is 11.8. The summed E-state index contributed by atoms with van der Waals surface area (Å²) in [6.07, 6.45) is 5.97. The van der Waals surface area contributed by atoms with Crippen LogP contribution in [0.25, 0.3) is 0 Å². The molecule has 0 spiro atoms. The zero-order valence-corrected chi connectivity index (χ0v) is 13.0. The number of allylic oxidation sites excluding steroid dienone is 1. The van der Waals surface area contributed by atoms with Gasteiger partial charge in [-0.3, -0.25) is 0 Å². The minimum atomic E-state index is -1.11. The number of rotatable bonds is 5. The SMILES string of the molecule is C[Si](C)(C)/C(Br)=C\CCCc1ccccc1. The van der Waals surface area contributed by atoms with E-state index in [-0.39, 0.29) is 0 Å². The van der Waals surface area contributed by atoms with Crippen molar-refractivity contribution in [2.75, 3.05) is 0 Å². The lowest BCUT2D eigenvalue weighted by atomic mass is 10.1. The predicted molar refractivity (Wildman–Crippen MR) is 79.7 cm³/mol. The lowest BCUT2D eigenvalue weighted by Crippen LogP contribution is -2.20. The fraction of sp³-hybridized carbons (Fsp3) is 0.429. The second-order valence-electron chi connectivity index (χ2n) is 5.18. The van der Waals surface area contributed by atoms with Crippen LogP contribution < -0.4 is 0 Å². The van der Waals surface area contributed by atoms with E-state index < -0.39 is 8.07 Å². The van der Waals surface area contributed by atoms with Crippen molar-refractivity contribution >= 4 is 24.0 Å². The largest absolute Gasteiger partial charge is 0.0861 e. The molecule has 1 rings (SSSR count). The molecule has 0 unspecified atom stereocenters. The molecule has 0 amide bonds. The molecular formula is C14H21BrSi. The second kappa shape index (κ2) is 6.41. The van der Waals surface area contributed by atoms with Gasteiger partial charge in [0.25, 0.3) is 0 Å². The number of hydrogen-bond acceptors (Lipinski definition) is 0. The van der Waals surface area contributed by atoms with Crippen LogP contribution in [-0.4, -0.2) is 8.07 Å². The van der Waals surface area contributed by atoms with Gasteiger partial charge in [0.1, 0.15) is 0 Å². The van der Waals surface area contributed by atoms with Crippen LogP contribution in [0.2, 0.25) is 19.6 Å². The van der Waals surface area contributed by atoms with E-state index in [1.54, 1.807) is 0 Å². The zero-order valence-electron chi connectivity index (χ0n) is 10.5. The maximum absolute atomic E-state index is 3.71. The van der Waals surface area contributed by atoms with Gasteiger partial charge in [0, 0.05) is 0 Å². The Balaban J connectivity index is 2.32. The third-order valence-corrected chi connectivity index (χ3v) is 8.08. The summed E-state index contributed by atoms with van der Waals surface area (Å²) in [6.45, 7) is 7.10. The molecule has 0 atom stereocenters. The Morgan fingerprint density at radius 2 is 1.81 bits per heavy atom. The van der Waals surface area contributed by atoms with Crippen molar-refractivity contribution in [1.82, 2.24) is 0 Å². The van der Waals surface area contributed by atoms with Crippen LogP contribution in [-0.2, 0) is 6.42 Å². The average Bonchev–Trinajstić information content (AvgIpc) is 2.24. The maximum Gasteiger partial charge on any atom is 0.0861 e. The standard InChI is InChI=1S/C14H21BrSi/c1-16(2,3)14(15)12-8-7-11-13-9-5-4-6-10-13/h4-6,9-10,12H,7-8,11H2,1-3H3/b14-12-. The van der Waals surface area contributed by atoms with E-state index in [1.165, 1.54) is 28.9 Å².